The minimum atomic E-state index is 0.483. The third kappa shape index (κ3) is 4.04. The Balaban J connectivity index is 1.43. The van der Waals surface area contributed by atoms with E-state index in [1.807, 2.05) is 0 Å². The maximum absolute atomic E-state index is 5.56. The Labute approximate surface area is 99.5 Å². The van der Waals surface area contributed by atoms with Gasteiger partial charge in [-0.1, -0.05) is 0 Å². The molecule has 0 aromatic rings. The van der Waals surface area contributed by atoms with Gasteiger partial charge in [0.05, 0.1) is 12.7 Å². The lowest BCUT2D eigenvalue weighted by Gasteiger charge is -2.15. The van der Waals surface area contributed by atoms with E-state index in [9.17, 15) is 0 Å². The van der Waals surface area contributed by atoms with Crippen LogP contribution in [0.15, 0.2) is 0 Å². The molecule has 2 fully saturated rings. The first-order valence-electron chi connectivity index (χ1n) is 6.89. The third-order valence-electron chi connectivity index (χ3n) is 3.74. The minimum absolute atomic E-state index is 0.483. The van der Waals surface area contributed by atoms with Crippen molar-refractivity contribution in [1.29, 1.82) is 0 Å². The first-order chi connectivity index (χ1) is 7.84. The smallest absolute Gasteiger partial charge is 0.0551 e. The van der Waals surface area contributed by atoms with Crippen LogP contribution in [0.4, 0.5) is 0 Å². The van der Waals surface area contributed by atoms with Crippen molar-refractivity contribution in [3.8, 4) is 0 Å². The Morgan fingerprint density at radius 3 is 2.81 bits per heavy atom. The number of likely N-dealkylation sites (tertiary alicyclic amines) is 1. The second-order valence-corrected chi connectivity index (χ2v) is 5.35. The van der Waals surface area contributed by atoms with Crippen LogP contribution in [0.2, 0.25) is 0 Å². The summed E-state index contributed by atoms with van der Waals surface area (Å²) in [7, 11) is 0. The maximum atomic E-state index is 5.56. The van der Waals surface area contributed by atoms with Crippen LogP contribution in [0.1, 0.15) is 32.6 Å². The van der Waals surface area contributed by atoms with Crippen LogP contribution in [-0.4, -0.2) is 50.3 Å². The Kier molecular flexibility index (Phi) is 5.07. The molecule has 0 amide bonds. The van der Waals surface area contributed by atoms with Gasteiger partial charge in [-0.25, -0.2) is 0 Å². The lowest BCUT2D eigenvalue weighted by Crippen LogP contribution is -2.28. The number of nitrogens with zero attached hydrogens (tertiary/aromatic N) is 1. The van der Waals surface area contributed by atoms with Crippen molar-refractivity contribution in [1.82, 2.24) is 10.2 Å². The van der Waals surface area contributed by atoms with Crippen LogP contribution in [-0.2, 0) is 4.74 Å². The summed E-state index contributed by atoms with van der Waals surface area (Å²) in [5.74, 6) is 0.752. The second-order valence-electron chi connectivity index (χ2n) is 5.35. The highest BCUT2D eigenvalue weighted by Gasteiger charge is 2.21. The van der Waals surface area contributed by atoms with Crippen molar-refractivity contribution >= 4 is 0 Å². The zero-order valence-electron chi connectivity index (χ0n) is 10.6. The van der Waals surface area contributed by atoms with Crippen molar-refractivity contribution in [2.75, 3.05) is 39.3 Å². The van der Waals surface area contributed by atoms with E-state index >= 15 is 0 Å². The molecule has 0 aliphatic carbocycles. The zero-order chi connectivity index (χ0) is 11.2. The average molecular weight is 226 g/mol. The predicted octanol–water partition coefficient (Wildman–Crippen LogP) is 1.49. The highest BCUT2D eigenvalue weighted by Crippen LogP contribution is 2.17. The van der Waals surface area contributed by atoms with E-state index in [2.05, 4.69) is 17.1 Å². The predicted molar refractivity (Wildman–Crippen MR) is 66.7 cm³/mol. The SMILES string of the molecule is CC1CC(CNCCCN2CCCC2)CO1. The summed E-state index contributed by atoms with van der Waals surface area (Å²) in [4.78, 5) is 2.59. The molecule has 2 atom stereocenters. The molecule has 0 spiro atoms. The van der Waals surface area contributed by atoms with E-state index in [0.29, 0.717) is 6.10 Å². The van der Waals surface area contributed by atoms with Gasteiger partial charge >= 0.3 is 0 Å². The number of nitrogens with one attached hydrogen (secondary N) is 1. The van der Waals surface area contributed by atoms with Gasteiger partial charge in [-0.3, -0.25) is 0 Å². The van der Waals surface area contributed by atoms with Crippen LogP contribution in [0.3, 0.4) is 0 Å². The van der Waals surface area contributed by atoms with Crippen LogP contribution in [0.25, 0.3) is 0 Å². The summed E-state index contributed by atoms with van der Waals surface area (Å²) in [6.45, 7) is 9.38. The number of hydrogen-bond acceptors (Lipinski definition) is 3. The zero-order valence-corrected chi connectivity index (χ0v) is 10.6. The Morgan fingerprint density at radius 1 is 1.31 bits per heavy atom. The van der Waals surface area contributed by atoms with E-state index < -0.39 is 0 Å². The summed E-state index contributed by atoms with van der Waals surface area (Å²) in [5.41, 5.74) is 0. The standard InChI is InChI=1S/C13H26N2O/c1-12-9-13(11-16-12)10-14-5-4-8-15-6-2-3-7-15/h12-14H,2-11H2,1H3. The molecule has 0 aromatic carbocycles. The van der Waals surface area contributed by atoms with Crippen LogP contribution >= 0.6 is 0 Å². The first kappa shape index (κ1) is 12.3. The molecule has 0 saturated carbocycles. The van der Waals surface area contributed by atoms with Gasteiger partial charge in [0.1, 0.15) is 0 Å². The Hall–Kier alpha value is -0.120. The summed E-state index contributed by atoms with van der Waals surface area (Å²) in [6.07, 6.45) is 5.83. The topological polar surface area (TPSA) is 24.5 Å². The average Bonchev–Trinajstić information content (AvgIpc) is 2.89. The minimum Gasteiger partial charge on any atom is -0.378 e. The number of rotatable bonds is 6. The maximum Gasteiger partial charge on any atom is 0.0551 e. The molecule has 16 heavy (non-hydrogen) atoms. The molecule has 2 heterocycles. The quantitative estimate of drug-likeness (QED) is 0.694. The lowest BCUT2D eigenvalue weighted by atomic mass is 10.1. The van der Waals surface area contributed by atoms with E-state index in [-0.39, 0.29) is 0 Å². The van der Waals surface area contributed by atoms with Gasteiger partial charge in [0.25, 0.3) is 0 Å². The second kappa shape index (κ2) is 6.58. The van der Waals surface area contributed by atoms with Crippen LogP contribution < -0.4 is 5.32 Å². The fraction of sp³-hybridized carbons (Fsp3) is 1.00. The van der Waals surface area contributed by atoms with Crippen molar-refractivity contribution < 1.29 is 4.74 Å². The van der Waals surface area contributed by atoms with E-state index in [1.165, 1.54) is 51.9 Å². The van der Waals surface area contributed by atoms with E-state index in [0.717, 1.165) is 19.1 Å². The summed E-state index contributed by atoms with van der Waals surface area (Å²) in [5, 5.41) is 3.57. The van der Waals surface area contributed by atoms with Gasteiger partial charge < -0.3 is 15.0 Å². The molecule has 2 rings (SSSR count). The van der Waals surface area contributed by atoms with Crippen molar-refractivity contribution in [2.45, 2.75) is 38.7 Å². The van der Waals surface area contributed by atoms with Crippen LogP contribution in [0.5, 0.6) is 0 Å². The van der Waals surface area contributed by atoms with Gasteiger partial charge in [-0.2, -0.15) is 0 Å². The van der Waals surface area contributed by atoms with Gasteiger partial charge in [0, 0.05) is 6.54 Å². The largest absolute Gasteiger partial charge is 0.378 e. The highest BCUT2D eigenvalue weighted by atomic mass is 16.5. The van der Waals surface area contributed by atoms with Crippen molar-refractivity contribution in [2.24, 2.45) is 5.92 Å². The van der Waals surface area contributed by atoms with E-state index in [1.54, 1.807) is 0 Å². The molecule has 94 valence electrons. The van der Waals surface area contributed by atoms with Gasteiger partial charge in [-0.05, 0) is 64.7 Å². The number of ether oxygens (including phenoxy) is 1. The molecule has 1 N–H and O–H groups in total. The summed E-state index contributed by atoms with van der Waals surface area (Å²) < 4.78 is 5.56. The lowest BCUT2D eigenvalue weighted by molar-refractivity contribution is 0.120. The van der Waals surface area contributed by atoms with Gasteiger partial charge in [0.15, 0.2) is 0 Å². The van der Waals surface area contributed by atoms with E-state index in [4.69, 9.17) is 4.74 Å². The monoisotopic (exact) mass is 226 g/mol. The molecule has 2 aliphatic heterocycles. The molecule has 0 aromatic heterocycles. The molecule has 0 bridgehead atoms. The molecule has 2 aliphatic rings. The first-order valence-corrected chi connectivity index (χ1v) is 6.89. The highest BCUT2D eigenvalue weighted by molar-refractivity contribution is 4.72. The Bertz CT molecular complexity index is 192. The summed E-state index contributed by atoms with van der Waals surface area (Å²) >= 11 is 0. The van der Waals surface area contributed by atoms with Crippen molar-refractivity contribution in [3.05, 3.63) is 0 Å². The molecule has 3 nitrogen and oxygen atoms in total. The fourth-order valence-corrected chi connectivity index (χ4v) is 2.79. The normalized spacial score (nSPS) is 31.3. The Morgan fingerprint density at radius 2 is 2.12 bits per heavy atom. The van der Waals surface area contributed by atoms with Crippen molar-refractivity contribution in [3.63, 3.8) is 0 Å². The molecule has 0 radical (unpaired) electrons. The molecular weight excluding hydrogens is 200 g/mol. The molecule has 2 unspecified atom stereocenters. The number of hydrogen-bond donors (Lipinski definition) is 1. The molecule has 3 heteroatoms. The fourth-order valence-electron chi connectivity index (χ4n) is 2.79. The summed E-state index contributed by atoms with van der Waals surface area (Å²) in [6, 6.07) is 0. The van der Waals surface area contributed by atoms with Gasteiger partial charge in [0.2, 0.25) is 0 Å². The van der Waals surface area contributed by atoms with Gasteiger partial charge in [-0.15, -0.1) is 0 Å². The van der Waals surface area contributed by atoms with Crippen LogP contribution in [0, 0.1) is 5.92 Å². The third-order valence-corrected chi connectivity index (χ3v) is 3.74. The molecular formula is C13H26N2O. The molecule has 2 saturated heterocycles.